The van der Waals surface area contributed by atoms with Gasteiger partial charge in [0.25, 0.3) is 5.91 Å². The summed E-state index contributed by atoms with van der Waals surface area (Å²) in [5.74, 6) is -1.60. The second-order valence-corrected chi connectivity index (χ2v) is 13.1. The lowest BCUT2D eigenvalue weighted by Gasteiger charge is -2.37. The Morgan fingerprint density at radius 3 is 2.42 bits per heavy atom. The molecular weight excluding hydrogens is 638 g/mol. The molecule has 45 heavy (non-hydrogen) atoms. The summed E-state index contributed by atoms with van der Waals surface area (Å²) in [4.78, 5) is 48.4. The number of nitrogens with zero attached hydrogens (tertiary/aromatic N) is 3. The molecule has 3 fully saturated rings. The lowest BCUT2D eigenvalue weighted by atomic mass is 9.70. The topological polar surface area (TPSA) is 99.6 Å². The first kappa shape index (κ1) is 32.9. The molecule has 0 aliphatic carbocycles. The Bertz CT molecular complexity index is 1390. The van der Waals surface area contributed by atoms with Crippen molar-refractivity contribution in [2.45, 2.75) is 54.8 Å². The summed E-state index contributed by atoms with van der Waals surface area (Å²) in [6.07, 6.45) is 5.12. The predicted molar refractivity (Wildman–Crippen MR) is 176 cm³/mol. The molecule has 0 radical (unpaired) electrons. The van der Waals surface area contributed by atoms with Gasteiger partial charge in [-0.2, -0.15) is 0 Å². The fraction of sp³-hybridized carbons (Fsp3) is 0.457. The molecule has 240 valence electrons. The van der Waals surface area contributed by atoms with Crippen LogP contribution in [0.5, 0.6) is 5.75 Å². The molecule has 2 aromatic rings. The molecule has 6 atom stereocenters. The average Bonchev–Trinajstić information content (AvgIpc) is 3.64. The van der Waals surface area contributed by atoms with Crippen molar-refractivity contribution >= 4 is 39.3 Å². The number of halogens is 1. The number of aliphatic hydroxyl groups excluding tert-OH is 1. The molecule has 1 spiro atoms. The van der Waals surface area contributed by atoms with Crippen LogP contribution in [0.2, 0.25) is 0 Å². The number of rotatable bonds is 15. The van der Waals surface area contributed by atoms with E-state index in [9.17, 15) is 19.5 Å². The number of carbonyl (C=O) groups is 3. The zero-order chi connectivity index (χ0) is 32.1. The molecule has 10 heteroatoms. The third-order valence-electron chi connectivity index (χ3n) is 9.20. The highest BCUT2D eigenvalue weighted by Gasteiger charge is 2.76. The average molecular weight is 681 g/mol. The van der Waals surface area contributed by atoms with Crippen molar-refractivity contribution in [3.05, 3.63) is 85.5 Å². The molecular formula is C35H42BrN3O6. The summed E-state index contributed by atoms with van der Waals surface area (Å²) < 4.78 is 12.1. The van der Waals surface area contributed by atoms with E-state index in [0.29, 0.717) is 56.8 Å². The van der Waals surface area contributed by atoms with Crippen LogP contribution in [0.25, 0.3) is 0 Å². The molecule has 3 aliphatic rings. The number of anilines is 1. The van der Waals surface area contributed by atoms with Gasteiger partial charge in [-0.05, 0) is 55.5 Å². The van der Waals surface area contributed by atoms with Crippen LogP contribution >= 0.6 is 15.9 Å². The number of carbonyl (C=O) groups excluding carboxylic acids is 3. The lowest BCUT2D eigenvalue weighted by Crippen LogP contribution is -2.57. The van der Waals surface area contributed by atoms with Crippen molar-refractivity contribution in [3.63, 3.8) is 0 Å². The predicted octanol–water partition coefficient (Wildman–Crippen LogP) is 4.34. The maximum Gasteiger partial charge on any atom is 0.253 e. The van der Waals surface area contributed by atoms with E-state index >= 15 is 0 Å². The Hall–Kier alpha value is -3.47. The molecule has 3 amide bonds. The minimum absolute atomic E-state index is 0.0562. The Kier molecular flexibility index (Phi) is 10.5. The van der Waals surface area contributed by atoms with Crippen molar-refractivity contribution in [2.75, 3.05) is 38.3 Å². The quantitative estimate of drug-likeness (QED) is 0.171. The van der Waals surface area contributed by atoms with Gasteiger partial charge in [0.15, 0.2) is 0 Å². The summed E-state index contributed by atoms with van der Waals surface area (Å²) in [6.45, 7) is 9.04. The highest BCUT2D eigenvalue weighted by atomic mass is 79.9. The third-order valence-corrected chi connectivity index (χ3v) is 10.0. The number of hydrogen-bond donors (Lipinski definition) is 1. The summed E-state index contributed by atoms with van der Waals surface area (Å²) in [5.41, 5.74) is 0.435. The molecule has 3 aliphatic heterocycles. The standard InChI is InChI=1S/C35H42BrN3O6/c1-4-18-37(23-24-12-8-6-9-13-24)32(41)28-29-33(42)39(20-10-7-11-21-40)31(35(29)22-27(36)30(28)45-35)34(43)38(19-5-2)25-14-16-26(44-3)17-15-25/h4-6,8-9,12-17,27-31,40H,1-2,7,10-11,18-23H2,3H3/t27?,28-,29+,30-,31?,35?/m1/s1. The van der Waals surface area contributed by atoms with Gasteiger partial charge in [-0.3, -0.25) is 14.4 Å². The highest BCUT2D eigenvalue weighted by Crippen LogP contribution is 2.60. The van der Waals surface area contributed by atoms with E-state index in [0.717, 1.165) is 5.56 Å². The molecule has 3 saturated heterocycles. The van der Waals surface area contributed by atoms with E-state index in [1.807, 2.05) is 30.3 Å². The van der Waals surface area contributed by atoms with E-state index in [4.69, 9.17) is 9.47 Å². The fourth-order valence-electron chi connectivity index (χ4n) is 7.27. The molecule has 3 unspecified atom stereocenters. The van der Waals surface area contributed by atoms with Crippen LogP contribution in [-0.4, -0.2) is 88.6 Å². The minimum atomic E-state index is -1.18. The van der Waals surface area contributed by atoms with Gasteiger partial charge >= 0.3 is 0 Å². The van der Waals surface area contributed by atoms with Gasteiger partial charge in [0.1, 0.15) is 17.4 Å². The van der Waals surface area contributed by atoms with Crippen LogP contribution in [0.4, 0.5) is 5.69 Å². The van der Waals surface area contributed by atoms with Gasteiger partial charge < -0.3 is 29.3 Å². The van der Waals surface area contributed by atoms with Crippen LogP contribution in [0, 0.1) is 11.8 Å². The normalized spacial score (nSPS) is 26.4. The number of fused-ring (bicyclic) bond motifs is 1. The molecule has 2 aromatic carbocycles. The number of likely N-dealkylation sites (tertiary alicyclic amines) is 1. The van der Waals surface area contributed by atoms with Crippen LogP contribution < -0.4 is 9.64 Å². The van der Waals surface area contributed by atoms with E-state index < -0.39 is 29.6 Å². The van der Waals surface area contributed by atoms with Crippen molar-refractivity contribution in [2.24, 2.45) is 11.8 Å². The summed E-state index contributed by atoms with van der Waals surface area (Å²) in [7, 11) is 1.58. The SMILES string of the molecule is C=CCN(Cc1ccccc1)C(=O)[C@H]1[C@@H]2OC3(CC2Br)C(C(=O)N(CC=C)c2ccc(OC)cc2)N(CCCCCO)C(=O)[C@H]13. The first-order chi connectivity index (χ1) is 21.8. The minimum Gasteiger partial charge on any atom is -0.497 e. The van der Waals surface area contributed by atoms with E-state index in [-0.39, 0.29) is 35.7 Å². The fourth-order valence-corrected chi connectivity index (χ4v) is 8.21. The van der Waals surface area contributed by atoms with Crippen LogP contribution in [0.15, 0.2) is 79.9 Å². The van der Waals surface area contributed by atoms with Gasteiger partial charge in [-0.15, -0.1) is 13.2 Å². The Balaban J connectivity index is 1.53. The van der Waals surface area contributed by atoms with E-state index in [1.165, 1.54) is 0 Å². The Morgan fingerprint density at radius 2 is 1.78 bits per heavy atom. The number of ether oxygens (including phenoxy) is 2. The number of aliphatic hydroxyl groups is 1. The van der Waals surface area contributed by atoms with Gasteiger partial charge in [-0.1, -0.05) is 58.4 Å². The van der Waals surface area contributed by atoms with Crippen molar-refractivity contribution in [3.8, 4) is 5.75 Å². The number of alkyl halides is 1. The van der Waals surface area contributed by atoms with E-state index in [1.54, 1.807) is 58.2 Å². The number of methoxy groups -OCH3 is 1. The zero-order valence-electron chi connectivity index (χ0n) is 25.7. The van der Waals surface area contributed by atoms with Crippen molar-refractivity contribution in [1.29, 1.82) is 0 Å². The molecule has 1 N–H and O–H groups in total. The number of unbranched alkanes of at least 4 members (excludes halogenated alkanes) is 2. The maximum absolute atomic E-state index is 14.7. The Labute approximate surface area is 273 Å². The summed E-state index contributed by atoms with van der Waals surface area (Å²) in [5, 5.41) is 9.35. The Morgan fingerprint density at radius 1 is 1.07 bits per heavy atom. The van der Waals surface area contributed by atoms with Gasteiger partial charge in [0, 0.05) is 43.3 Å². The van der Waals surface area contributed by atoms with Crippen LogP contribution in [-0.2, 0) is 25.7 Å². The monoisotopic (exact) mass is 679 g/mol. The molecule has 0 saturated carbocycles. The number of benzene rings is 2. The van der Waals surface area contributed by atoms with Crippen molar-refractivity contribution < 1.29 is 29.0 Å². The first-order valence-corrected chi connectivity index (χ1v) is 16.5. The second-order valence-electron chi connectivity index (χ2n) is 11.9. The third kappa shape index (κ3) is 6.20. The molecule has 5 rings (SSSR count). The van der Waals surface area contributed by atoms with Gasteiger partial charge in [-0.25, -0.2) is 0 Å². The van der Waals surface area contributed by atoms with E-state index in [2.05, 4.69) is 29.1 Å². The van der Waals surface area contributed by atoms with Crippen LogP contribution in [0.1, 0.15) is 31.2 Å². The number of hydrogen-bond acceptors (Lipinski definition) is 6. The molecule has 9 nitrogen and oxygen atoms in total. The van der Waals surface area contributed by atoms with Crippen molar-refractivity contribution in [1.82, 2.24) is 9.80 Å². The number of amides is 3. The zero-order valence-corrected chi connectivity index (χ0v) is 27.3. The lowest BCUT2D eigenvalue weighted by molar-refractivity contribution is -0.145. The molecule has 0 aromatic heterocycles. The molecule has 3 heterocycles. The van der Waals surface area contributed by atoms with Gasteiger partial charge in [0.05, 0.1) is 25.0 Å². The summed E-state index contributed by atoms with van der Waals surface area (Å²) >= 11 is 3.78. The summed E-state index contributed by atoms with van der Waals surface area (Å²) in [6, 6.07) is 16.0. The smallest absolute Gasteiger partial charge is 0.253 e. The molecule has 2 bridgehead atoms. The second kappa shape index (κ2) is 14.3. The highest BCUT2D eigenvalue weighted by molar-refractivity contribution is 9.09. The first-order valence-electron chi connectivity index (χ1n) is 15.5. The van der Waals surface area contributed by atoms with Gasteiger partial charge in [0.2, 0.25) is 11.8 Å². The largest absolute Gasteiger partial charge is 0.497 e. The maximum atomic E-state index is 14.7. The van der Waals surface area contributed by atoms with Crippen LogP contribution in [0.3, 0.4) is 0 Å².